The van der Waals surface area contributed by atoms with Crippen molar-refractivity contribution in [1.82, 2.24) is 0 Å². The fourth-order valence-electron chi connectivity index (χ4n) is 1.91. The molecule has 1 aromatic carbocycles. The van der Waals surface area contributed by atoms with Crippen LogP contribution in [-0.2, 0) is 17.6 Å². The third-order valence-electron chi connectivity index (χ3n) is 2.61. The van der Waals surface area contributed by atoms with Gasteiger partial charge in [-0.2, -0.15) is 0 Å². The summed E-state index contributed by atoms with van der Waals surface area (Å²) in [6.07, 6.45) is 1.23. The smallest absolute Gasteiger partial charge is 0.228 e. The third-order valence-corrected chi connectivity index (χ3v) is 2.61. The summed E-state index contributed by atoms with van der Waals surface area (Å²) in [7, 11) is 1.60. The van der Waals surface area contributed by atoms with Crippen molar-refractivity contribution < 1.29 is 9.53 Å². The first-order valence-electron chi connectivity index (χ1n) is 4.95. The van der Waals surface area contributed by atoms with E-state index in [4.69, 9.17) is 10.5 Å². The van der Waals surface area contributed by atoms with Gasteiger partial charge >= 0.3 is 0 Å². The van der Waals surface area contributed by atoms with E-state index in [0.29, 0.717) is 13.0 Å². The number of halogens is 1. The SMILES string of the molecule is COc1ccc(CCN)c2c1NC(=O)C2.Cl. The highest BCUT2D eigenvalue weighted by atomic mass is 35.5. The number of methoxy groups -OCH3 is 1. The van der Waals surface area contributed by atoms with Crippen LogP contribution in [0.3, 0.4) is 0 Å². The van der Waals surface area contributed by atoms with Crippen molar-refractivity contribution in [2.75, 3.05) is 19.0 Å². The van der Waals surface area contributed by atoms with Crippen molar-refractivity contribution in [3.05, 3.63) is 23.3 Å². The topological polar surface area (TPSA) is 64.3 Å². The molecule has 0 unspecified atom stereocenters. The van der Waals surface area contributed by atoms with Gasteiger partial charge in [-0.25, -0.2) is 0 Å². The molecule has 0 saturated heterocycles. The number of amides is 1. The number of anilines is 1. The number of carbonyl (C=O) groups is 1. The molecule has 4 nitrogen and oxygen atoms in total. The second-order valence-corrected chi connectivity index (χ2v) is 3.54. The van der Waals surface area contributed by atoms with Crippen molar-refractivity contribution >= 4 is 24.0 Å². The van der Waals surface area contributed by atoms with E-state index in [-0.39, 0.29) is 18.3 Å². The molecule has 0 atom stereocenters. The number of rotatable bonds is 3. The highest BCUT2D eigenvalue weighted by molar-refractivity contribution is 6.01. The summed E-state index contributed by atoms with van der Waals surface area (Å²) < 4.78 is 5.19. The lowest BCUT2D eigenvalue weighted by Crippen LogP contribution is -2.05. The molecular formula is C11H15ClN2O2. The average molecular weight is 243 g/mol. The van der Waals surface area contributed by atoms with Crippen LogP contribution in [-0.4, -0.2) is 19.6 Å². The molecule has 1 amide bonds. The zero-order valence-corrected chi connectivity index (χ0v) is 9.89. The standard InChI is InChI=1S/C11H14N2O2.ClH/c1-15-9-3-2-7(4-5-12)8-6-10(14)13-11(8)9;/h2-3H,4-6,12H2,1H3,(H,13,14);1H. The fourth-order valence-corrected chi connectivity index (χ4v) is 1.91. The number of hydrogen-bond acceptors (Lipinski definition) is 3. The first kappa shape index (κ1) is 12.8. The number of hydrogen-bond donors (Lipinski definition) is 2. The van der Waals surface area contributed by atoms with Gasteiger partial charge in [-0.15, -0.1) is 12.4 Å². The first-order chi connectivity index (χ1) is 7.26. The maximum atomic E-state index is 11.3. The molecule has 0 aliphatic carbocycles. The fraction of sp³-hybridized carbons (Fsp3) is 0.364. The Balaban J connectivity index is 0.00000128. The van der Waals surface area contributed by atoms with Crippen LogP contribution in [0.5, 0.6) is 5.75 Å². The largest absolute Gasteiger partial charge is 0.495 e. The summed E-state index contributed by atoms with van der Waals surface area (Å²) in [5.74, 6) is 0.740. The summed E-state index contributed by atoms with van der Waals surface area (Å²) in [4.78, 5) is 11.3. The lowest BCUT2D eigenvalue weighted by molar-refractivity contribution is -0.115. The van der Waals surface area contributed by atoms with E-state index in [0.717, 1.165) is 29.0 Å². The minimum absolute atomic E-state index is 0. The molecule has 1 heterocycles. The highest BCUT2D eigenvalue weighted by Crippen LogP contribution is 2.35. The van der Waals surface area contributed by atoms with Crippen LogP contribution >= 0.6 is 12.4 Å². The van der Waals surface area contributed by atoms with Crippen molar-refractivity contribution in [3.63, 3.8) is 0 Å². The molecule has 0 saturated carbocycles. The molecule has 0 aromatic heterocycles. The predicted molar refractivity (Wildman–Crippen MR) is 65.3 cm³/mol. The molecule has 88 valence electrons. The Bertz CT molecular complexity index is 407. The van der Waals surface area contributed by atoms with Gasteiger partial charge in [-0.3, -0.25) is 4.79 Å². The van der Waals surface area contributed by atoms with E-state index in [1.807, 2.05) is 12.1 Å². The van der Waals surface area contributed by atoms with E-state index in [9.17, 15) is 4.79 Å². The Kier molecular flexibility index (Phi) is 4.15. The van der Waals surface area contributed by atoms with Crippen LogP contribution in [0.1, 0.15) is 11.1 Å². The normalized spacial score (nSPS) is 12.8. The summed E-state index contributed by atoms with van der Waals surface area (Å²) in [5, 5.41) is 2.81. The minimum Gasteiger partial charge on any atom is -0.495 e. The van der Waals surface area contributed by atoms with Crippen LogP contribution in [0.25, 0.3) is 0 Å². The van der Waals surface area contributed by atoms with E-state index in [1.165, 1.54) is 0 Å². The Morgan fingerprint density at radius 3 is 2.88 bits per heavy atom. The van der Waals surface area contributed by atoms with Crippen molar-refractivity contribution in [2.24, 2.45) is 5.73 Å². The number of ether oxygens (including phenoxy) is 1. The van der Waals surface area contributed by atoms with Crippen LogP contribution in [0.15, 0.2) is 12.1 Å². The Morgan fingerprint density at radius 1 is 1.50 bits per heavy atom. The number of fused-ring (bicyclic) bond motifs is 1. The van der Waals surface area contributed by atoms with Gasteiger partial charge in [0.15, 0.2) is 0 Å². The third kappa shape index (κ3) is 2.13. The van der Waals surface area contributed by atoms with E-state index in [1.54, 1.807) is 7.11 Å². The van der Waals surface area contributed by atoms with Crippen molar-refractivity contribution in [3.8, 4) is 5.75 Å². The van der Waals surface area contributed by atoms with E-state index >= 15 is 0 Å². The van der Waals surface area contributed by atoms with Crippen LogP contribution < -0.4 is 15.8 Å². The second-order valence-electron chi connectivity index (χ2n) is 3.54. The van der Waals surface area contributed by atoms with Gasteiger partial charge in [-0.05, 0) is 30.2 Å². The summed E-state index contributed by atoms with van der Waals surface area (Å²) in [5.41, 5.74) is 8.50. The zero-order chi connectivity index (χ0) is 10.8. The average Bonchev–Trinajstić information content (AvgIpc) is 2.61. The van der Waals surface area contributed by atoms with Gasteiger partial charge in [-0.1, -0.05) is 6.07 Å². The quantitative estimate of drug-likeness (QED) is 0.835. The Hall–Kier alpha value is -1.26. The molecule has 3 N–H and O–H groups in total. The van der Waals surface area contributed by atoms with Gasteiger partial charge in [0.25, 0.3) is 0 Å². The first-order valence-corrected chi connectivity index (χ1v) is 4.95. The molecule has 0 spiro atoms. The number of nitrogens with one attached hydrogen (secondary N) is 1. The van der Waals surface area contributed by atoms with Gasteiger partial charge in [0, 0.05) is 0 Å². The van der Waals surface area contributed by atoms with E-state index < -0.39 is 0 Å². The van der Waals surface area contributed by atoms with Gasteiger partial charge < -0.3 is 15.8 Å². The lowest BCUT2D eigenvalue weighted by atomic mass is 10.0. The van der Waals surface area contributed by atoms with Gasteiger partial charge in [0.1, 0.15) is 5.75 Å². The molecule has 16 heavy (non-hydrogen) atoms. The van der Waals surface area contributed by atoms with Gasteiger partial charge in [0.2, 0.25) is 5.91 Å². The Labute approximate surface area is 101 Å². The van der Waals surface area contributed by atoms with Gasteiger partial charge in [0.05, 0.1) is 19.2 Å². The monoisotopic (exact) mass is 242 g/mol. The van der Waals surface area contributed by atoms with Crippen molar-refractivity contribution in [1.29, 1.82) is 0 Å². The van der Waals surface area contributed by atoms with Crippen LogP contribution in [0, 0.1) is 0 Å². The molecule has 0 radical (unpaired) electrons. The number of carbonyl (C=O) groups excluding carboxylic acids is 1. The molecule has 1 aliphatic heterocycles. The molecule has 1 aromatic rings. The van der Waals surface area contributed by atoms with Crippen molar-refractivity contribution in [2.45, 2.75) is 12.8 Å². The summed E-state index contributed by atoms with van der Waals surface area (Å²) in [6, 6.07) is 3.85. The lowest BCUT2D eigenvalue weighted by Gasteiger charge is -2.10. The molecular weight excluding hydrogens is 228 g/mol. The number of nitrogens with two attached hydrogens (primary N) is 1. The van der Waals surface area contributed by atoms with Crippen LogP contribution in [0.4, 0.5) is 5.69 Å². The maximum absolute atomic E-state index is 11.3. The maximum Gasteiger partial charge on any atom is 0.228 e. The van der Waals surface area contributed by atoms with Crippen LogP contribution in [0.2, 0.25) is 0 Å². The van der Waals surface area contributed by atoms with E-state index in [2.05, 4.69) is 5.32 Å². The zero-order valence-electron chi connectivity index (χ0n) is 9.08. The predicted octanol–water partition coefficient (Wildman–Crippen LogP) is 1.11. The molecule has 0 fully saturated rings. The summed E-state index contributed by atoms with van der Waals surface area (Å²) in [6.45, 7) is 0.590. The molecule has 5 heteroatoms. The molecule has 1 aliphatic rings. The number of benzene rings is 1. The summed E-state index contributed by atoms with van der Waals surface area (Å²) >= 11 is 0. The minimum atomic E-state index is 0. The highest BCUT2D eigenvalue weighted by Gasteiger charge is 2.23. The molecule has 0 bridgehead atoms. The Morgan fingerprint density at radius 2 is 2.25 bits per heavy atom. The molecule has 2 rings (SSSR count). The second kappa shape index (κ2) is 5.18.